The van der Waals surface area contributed by atoms with E-state index in [9.17, 15) is 0 Å². The van der Waals surface area contributed by atoms with Crippen molar-refractivity contribution in [1.29, 1.82) is 0 Å². The zero-order valence-electron chi connectivity index (χ0n) is 16.1. The Bertz CT molecular complexity index is 346. The minimum absolute atomic E-state index is 1.23. The molecule has 0 aliphatic heterocycles. The van der Waals surface area contributed by atoms with E-state index in [1.807, 2.05) is 0 Å². The summed E-state index contributed by atoms with van der Waals surface area (Å²) in [7, 11) is 0. The average Bonchev–Trinajstić information content (AvgIpc) is 2.62. The first kappa shape index (κ1) is 21.6. The van der Waals surface area contributed by atoms with Gasteiger partial charge in [-0.05, 0) is 29.9 Å². The lowest BCUT2D eigenvalue weighted by atomic mass is 10.1. The summed E-state index contributed by atoms with van der Waals surface area (Å²) < 4.78 is 0. The standard InChI is InChI=1S/C23H40S/c1-2-3-4-5-6-7-8-9-10-11-12-13-17-21-24-22-20-23-18-15-14-16-19-23/h14-16,18-19H,2-13,17,20-22H2,1H3. The first-order valence-corrected chi connectivity index (χ1v) is 11.7. The van der Waals surface area contributed by atoms with Crippen LogP contribution in [0.4, 0.5) is 0 Å². The van der Waals surface area contributed by atoms with Gasteiger partial charge in [0.05, 0.1) is 0 Å². The van der Waals surface area contributed by atoms with E-state index in [2.05, 4.69) is 49.0 Å². The molecule has 1 aromatic carbocycles. The largest absolute Gasteiger partial charge is 0.162 e. The number of unbranched alkanes of at least 4 members (excludes halogenated alkanes) is 12. The summed E-state index contributed by atoms with van der Waals surface area (Å²) in [6, 6.07) is 10.9. The molecule has 0 fully saturated rings. The van der Waals surface area contributed by atoms with Gasteiger partial charge in [-0.25, -0.2) is 0 Å². The SMILES string of the molecule is CCCCCCCCCCCCCCCSCCc1ccccc1. The Morgan fingerprint density at radius 1 is 0.583 bits per heavy atom. The molecule has 0 aliphatic rings. The van der Waals surface area contributed by atoms with Gasteiger partial charge in [-0.15, -0.1) is 0 Å². The van der Waals surface area contributed by atoms with Crippen molar-refractivity contribution in [3.05, 3.63) is 35.9 Å². The monoisotopic (exact) mass is 348 g/mol. The molecular formula is C23H40S. The maximum Gasteiger partial charge on any atom is -0.00270 e. The van der Waals surface area contributed by atoms with E-state index in [1.54, 1.807) is 0 Å². The summed E-state index contributed by atoms with van der Waals surface area (Å²) in [6.45, 7) is 2.30. The van der Waals surface area contributed by atoms with Crippen molar-refractivity contribution < 1.29 is 0 Å². The number of hydrogen-bond donors (Lipinski definition) is 0. The molecule has 0 saturated heterocycles. The number of benzene rings is 1. The fourth-order valence-electron chi connectivity index (χ4n) is 3.16. The van der Waals surface area contributed by atoms with E-state index < -0.39 is 0 Å². The molecule has 0 aromatic heterocycles. The molecule has 0 bridgehead atoms. The van der Waals surface area contributed by atoms with Crippen molar-refractivity contribution >= 4 is 11.8 Å². The Kier molecular flexibility index (Phi) is 15.7. The lowest BCUT2D eigenvalue weighted by Gasteiger charge is -2.04. The summed E-state index contributed by atoms with van der Waals surface area (Å²) >= 11 is 2.13. The van der Waals surface area contributed by atoms with Gasteiger partial charge in [-0.3, -0.25) is 0 Å². The summed E-state index contributed by atoms with van der Waals surface area (Å²) in [5.41, 5.74) is 1.48. The van der Waals surface area contributed by atoms with Crippen LogP contribution in [0, 0.1) is 0 Å². The van der Waals surface area contributed by atoms with Crippen molar-refractivity contribution in [2.45, 2.75) is 96.8 Å². The summed E-state index contributed by atoms with van der Waals surface area (Å²) in [6.07, 6.45) is 20.1. The summed E-state index contributed by atoms with van der Waals surface area (Å²) in [5, 5.41) is 0. The fraction of sp³-hybridized carbons (Fsp3) is 0.739. The molecule has 0 N–H and O–H groups in total. The molecule has 0 saturated carbocycles. The fourth-order valence-corrected chi connectivity index (χ4v) is 4.15. The lowest BCUT2D eigenvalue weighted by molar-refractivity contribution is 0.543. The van der Waals surface area contributed by atoms with Gasteiger partial charge in [-0.1, -0.05) is 114 Å². The van der Waals surface area contributed by atoms with E-state index in [0.29, 0.717) is 0 Å². The maximum absolute atomic E-state index is 2.30. The van der Waals surface area contributed by atoms with Crippen molar-refractivity contribution in [3.63, 3.8) is 0 Å². The van der Waals surface area contributed by atoms with E-state index in [4.69, 9.17) is 0 Å². The van der Waals surface area contributed by atoms with Gasteiger partial charge in [0.15, 0.2) is 0 Å². The van der Waals surface area contributed by atoms with Gasteiger partial charge in [0.25, 0.3) is 0 Å². The third-order valence-corrected chi connectivity index (χ3v) is 5.84. The Morgan fingerprint density at radius 2 is 1.08 bits per heavy atom. The Morgan fingerprint density at radius 3 is 1.62 bits per heavy atom. The van der Waals surface area contributed by atoms with Gasteiger partial charge in [-0.2, -0.15) is 11.8 Å². The van der Waals surface area contributed by atoms with Crippen LogP contribution < -0.4 is 0 Å². The predicted molar refractivity (Wildman–Crippen MR) is 113 cm³/mol. The van der Waals surface area contributed by atoms with Gasteiger partial charge in [0, 0.05) is 0 Å². The molecule has 0 unspecified atom stereocenters. The van der Waals surface area contributed by atoms with E-state index in [-0.39, 0.29) is 0 Å². The van der Waals surface area contributed by atoms with E-state index in [1.165, 1.54) is 107 Å². The minimum Gasteiger partial charge on any atom is -0.162 e. The zero-order valence-corrected chi connectivity index (χ0v) is 16.9. The van der Waals surface area contributed by atoms with Crippen LogP contribution in [0.25, 0.3) is 0 Å². The van der Waals surface area contributed by atoms with E-state index in [0.717, 1.165) is 0 Å². The first-order chi connectivity index (χ1) is 11.9. The number of rotatable bonds is 17. The van der Waals surface area contributed by atoms with Crippen molar-refractivity contribution in [2.75, 3.05) is 11.5 Å². The molecule has 0 aliphatic carbocycles. The van der Waals surface area contributed by atoms with Gasteiger partial charge < -0.3 is 0 Å². The van der Waals surface area contributed by atoms with Crippen LogP contribution in [0.5, 0.6) is 0 Å². The zero-order chi connectivity index (χ0) is 17.1. The predicted octanol–water partition coefficient (Wildman–Crippen LogP) is 8.05. The second-order valence-electron chi connectivity index (χ2n) is 7.09. The molecule has 0 radical (unpaired) electrons. The molecule has 1 heteroatoms. The Labute approximate surface area is 156 Å². The highest BCUT2D eigenvalue weighted by Crippen LogP contribution is 2.14. The number of thioether (sulfide) groups is 1. The van der Waals surface area contributed by atoms with Crippen LogP contribution in [-0.4, -0.2) is 11.5 Å². The van der Waals surface area contributed by atoms with Crippen LogP contribution in [0.3, 0.4) is 0 Å². The molecular weight excluding hydrogens is 308 g/mol. The van der Waals surface area contributed by atoms with Crippen molar-refractivity contribution in [3.8, 4) is 0 Å². The highest BCUT2D eigenvalue weighted by Gasteiger charge is 1.95. The molecule has 0 amide bonds. The van der Waals surface area contributed by atoms with Gasteiger partial charge in [0.1, 0.15) is 0 Å². The Hall–Kier alpha value is -0.430. The quantitative estimate of drug-likeness (QED) is 0.257. The van der Waals surface area contributed by atoms with Crippen molar-refractivity contribution in [2.24, 2.45) is 0 Å². The summed E-state index contributed by atoms with van der Waals surface area (Å²) in [4.78, 5) is 0. The molecule has 0 nitrogen and oxygen atoms in total. The normalized spacial score (nSPS) is 11.0. The lowest BCUT2D eigenvalue weighted by Crippen LogP contribution is -1.90. The minimum atomic E-state index is 1.23. The van der Waals surface area contributed by atoms with Crippen LogP contribution in [-0.2, 0) is 6.42 Å². The molecule has 138 valence electrons. The van der Waals surface area contributed by atoms with Crippen LogP contribution >= 0.6 is 11.8 Å². The van der Waals surface area contributed by atoms with Gasteiger partial charge in [0.2, 0.25) is 0 Å². The highest BCUT2D eigenvalue weighted by atomic mass is 32.2. The highest BCUT2D eigenvalue weighted by molar-refractivity contribution is 7.99. The maximum atomic E-state index is 2.30. The number of hydrogen-bond acceptors (Lipinski definition) is 1. The second-order valence-corrected chi connectivity index (χ2v) is 8.32. The Balaban J connectivity index is 1.70. The van der Waals surface area contributed by atoms with Crippen LogP contribution in [0.2, 0.25) is 0 Å². The third kappa shape index (κ3) is 14.0. The first-order valence-electron chi connectivity index (χ1n) is 10.5. The van der Waals surface area contributed by atoms with Crippen LogP contribution in [0.15, 0.2) is 30.3 Å². The second kappa shape index (κ2) is 17.4. The molecule has 1 rings (SSSR count). The summed E-state index contributed by atoms with van der Waals surface area (Å²) in [5.74, 6) is 2.63. The average molecular weight is 349 g/mol. The smallest absolute Gasteiger partial charge is 0.00270 e. The third-order valence-electron chi connectivity index (χ3n) is 4.77. The molecule has 24 heavy (non-hydrogen) atoms. The number of aryl methyl sites for hydroxylation is 1. The molecule has 0 atom stereocenters. The topological polar surface area (TPSA) is 0 Å². The van der Waals surface area contributed by atoms with E-state index >= 15 is 0 Å². The van der Waals surface area contributed by atoms with Crippen molar-refractivity contribution in [1.82, 2.24) is 0 Å². The molecule has 0 spiro atoms. The molecule has 0 heterocycles. The van der Waals surface area contributed by atoms with Crippen LogP contribution in [0.1, 0.15) is 96.0 Å². The molecule has 1 aromatic rings. The van der Waals surface area contributed by atoms with Gasteiger partial charge >= 0.3 is 0 Å².